The van der Waals surface area contributed by atoms with Crippen LogP contribution in [0.15, 0.2) is 18.2 Å². The van der Waals surface area contributed by atoms with Crippen molar-refractivity contribution < 1.29 is 9.53 Å². The van der Waals surface area contributed by atoms with E-state index in [1.807, 2.05) is 12.1 Å². The average molecular weight is 219 g/mol. The molecule has 16 heavy (non-hydrogen) atoms. The Morgan fingerprint density at radius 3 is 3.06 bits per heavy atom. The molecule has 0 amide bonds. The Morgan fingerprint density at radius 2 is 2.31 bits per heavy atom. The molecule has 3 heteroatoms. The van der Waals surface area contributed by atoms with Gasteiger partial charge in [0.05, 0.1) is 13.0 Å². The lowest BCUT2D eigenvalue weighted by atomic mass is 9.93. The fraction of sp³-hybridized carbons (Fsp3) is 0.462. The third kappa shape index (κ3) is 2.03. The zero-order valence-electron chi connectivity index (χ0n) is 9.75. The first kappa shape index (κ1) is 11.0. The van der Waals surface area contributed by atoms with Gasteiger partial charge < -0.3 is 10.1 Å². The molecular formula is C13H17NO2. The summed E-state index contributed by atoms with van der Waals surface area (Å²) in [5.41, 5.74) is 3.35. The van der Waals surface area contributed by atoms with Gasteiger partial charge in [-0.25, -0.2) is 0 Å². The van der Waals surface area contributed by atoms with Crippen LogP contribution in [0.1, 0.15) is 29.9 Å². The van der Waals surface area contributed by atoms with E-state index < -0.39 is 0 Å². The molecule has 1 atom stereocenters. The number of benzene rings is 1. The van der Waals surface area contributed by atoms with Gasteiger partial charge in [-0.1, -0.05) is 12.1 Å². The van der Waals surface area contributed by atoms with Crippen LogP contribution in [0.25, 0.3) is 0 Å². The fourth-order valence-electron chi connectivity index (χ4n) is 2.20. The summed E-state index contributed by atoms with van der Waals surface area (Å²) in [6.45, 7) is 2.98. The van der Waals surface area contributed by atoms with Crippen molar-refractivity contribution in [3.05, 3.63) is 29.3 Å². The van der Waals surface area contributed by atoms with Crippen molar-refractivity contribution in [1.29, 1.82) is 0 Å². The zero-order chi connectivity index (χ0) is 11.5. The van der Waals surface area contributed by atoms with Gasteiger partial charge in [-0.2, -0.15) is 0 Å². The summed E-state index contributed by atoms with van der Waals surface area (Å²) in [6.07, 6.45) is 1.85. The molecule has 1 heterocycles. The largest absolute Gasteiger partial charge is 0.469 e. The van der Waals surface area contributed by atoms with Crippen LogP contribution in [0.4, 0.5) is 5.69 Å². The summed E-state index contributed by atoms with van der Waals surface area (Å²) in [6, 6.07) is 6.17. The molecule has 0 bridgehead atoms. The molecule has 2 rings (SSSR count). The van der Waals surface area contributed by atoms with Gasteiger partial charge in [-0.05, 0) is 37.0 Å². The van der Waals surface area contributed by atoms with Gasteiger partial charge in [0.2, 0.25) is 0 Å². The lowest BCUT2D eigenvalue weighted by Gasteiger charge is -2.15. The molecule has 0 aliphatic carbocycles. The second-order valence-corrected chi connectivity index (χ2v) is 4.24. The van der Waals surface area contributed by atoms with Crippen molar-refractivity contribution in [2.24, 2.45) is 0 Å². The molecule has 1 aromatic rings. The van der Waals surface area contributed by atoms with E-state index in [-0.39, 0.29) is 11.9 Å². The fourth-order valence-corrected chi connectivity index (χ4v) is 2.20. The number of hydrogen-bond acceptors (Lipinski definition) is 3. The highest BCUT2D eigenvalue weighted by Crippen LogP contribution is 2.32. The first-order valence-corrected chi connectivity index (χ1v) is 5.64. The summed E-state index contributed by atoms with van der Waals surface area (Å²) in [5.74, 6) is -0.246. The SMILES string of the molecule is COC(=O)C1CCCNc2cc(C)ccc21. The van der Waals surface area contributed by atoms with Crippen molar-refractivity contribution in [2.45, 2.75) is 25.7 Å². The van der Waals surface area contributed by atoms with E-state index in [0.717, 1.165) is 30.6 Å². The Balaban J connectivity index is 2.40. The number of methoxy groups -OCH3 is 1. The number of rotatable bonds is 1. The first-order chi connectivity index (χ1) is 7.72. The number of ether oxygens (including phenoxy) is 1. The van der Waals surface area contributed by atoms with Crippen molar-refractivity contribution >= 4 is 11.7 Å². The quantitative estimate of drug-likeness (QED) is 0.737. The van der Waals surface area contributed by atoms with Gasteiger partial charge in [0.1, 0.15) is 0 Å². The topological polar surface area (TPSA) is 38.3 Å². The minimum atomic E-state index is -0.131. The van der Waals surface area contributed by atoms with Crippen molar-refractivity contribution in [3.8, 4) is 0 Å². The number of anilines is 1. The first-order valence-electron chi connectivity index (χ1n) is 5.64. The second-order valence-electron chi connectivity index (χ2n) is 4.24. The molecule has 0 aromatic heterocycles. The van der Waals surface area contributed by atoms with Gasteiger partial charge in [0.25, 0.3) is 0 Å². The number of aryl methyl sites for hydroxylation is 1. The van der Waals surface area contributed by atoms with Crippen LogP contribution >= 0.6 is 0 Å². The van der Waals surface area contributed by atoms with Gasteiger partial charge >= 0.3 is 5.97 Å². The molecule has 0 saturated carbocycles. The highest BCUT2D eigenvalue weighted by atomic mass is 16.5. The summed E-state index contributed by atoms with van der Waals surface area (Å²) in [5, 5.41) is 3.37. The van der Waals surface area contributed by atoms with E-state index in [1.54, 1.807) is 0 Å². The summed E-state index contributed by atoms with van der Waals surface area (Å²) < 4.78 is 4.87. The Kier molecular flexibility index (Phi) is 3.13. The molecule has 1 N–H and O–H groups in total. The van der Waals surface area contributed by atoms with E-state index in [0.29, 0.717) is 0 Å². The van der Waals surface area contributed by atoms with E-state index in [1.165, 1.54) is 12.7 Å². The Hall–Kier alpha value is -1.51. The molecule has 1 aliphatic rings. The van der Waals surface area contributed by atoms with Gasteiger partial charge in [0, 0.05) is 12.2 Å². The zero-order valence-corrected chi connectivity index (χ0v) is 9.75. The van der Waals surface area contributed by atoms with Crippen LogP contribution in [0.3, 0.4) is 0 Å². The monoisotopic (exact) mass is 219 g/mol. The molecule has 1 aromatic carbocycles. The number of nitrogens with one attached hydrogen (secondary N) is 1. The molecule has 0 saturated heterocycles. The van der Waals surface area contributed by atoms with Crippen LogP contribution in [0, 0.1) is 6.92 Å². The molecule has 0 fully saturated rings. The Morgan fingerprint density at radius 1 is 1.50 bits per heavy atom. The maximum atomic E-state index is 11.7. The van der Waals surface area contributed by atoms with Crippen LogP contribution in [-0.2, 0) is 9.53 Å². The maximum absolute atomic E-state index is 11.7. The molecular weight excluding hydrogens is 202 g/mol. The molecule has 0 spiro atoms. The molecule has 86 valence electrons. The minimum absolute atomic E-state index is 0.115. The van der Waals surface area contributed by atoms with E-state index >= 15 is 0 Å². The van der Waals surface area contributed by atoms with Crippen molar-refractivity contribution in [1.82, 2.24) is 0 Å². The number of hydrogen-bond donors (Lipinski definition) is 1. The average Bonchev–Trinajstić information content (AvgIpc) is 2.49. The summed E-state index contributed by atoms with van der Waals surface area (Å²) in [4.78, 5) is 11.7. The van der Waals surface area contributed by atoms with Crippen molar-refractivity contribution in [2.75, 3.05) is 19.0 Å². The molecule has 1 aliphatic heterocycles. The lowest BCUT2D eigenvalue weighted by Crippen LogP contribution is -2.14. The maximum Gasteiger partial charge on any atom is 0.313 e. The molecule has 3 nitrogen and oxygen atoms in total. The predicted molar refractivity (Wildman–Crippen MR) is 63.7 cm³/mol. The highest BCUT2D eigenvalue weighted by Gasteiger charge is 2.25. The van der Waals surface area contributed by atoms with Crippen LogP contribution in [0.5, 0.6) is 0 Å². The standard InChI is InChI=1S/C13H17NO2/c1-9-5-6-10-11(13(15)16-2)4-3-7-14-12(10)8-9/h5-6,8,11,14H,3-4,7H2,1-2H3. The number of carbonyl (C=O) groups excluding carboxylic acids is 1. The van der Waals surface area contributed by atoms with Gasteiger partial charge in [-0.3, -0.25) is 4.79 Å². The third-order valence-electron chi connectivity index (χ3n) is 3.05. The lowest BCUT2D eigenvalue weighted by molar-refractivity contribution is -0.142. The third-order valence-corrected chi connectivity index (χ3v) is 3.05. The van der Waals surface area contributed by atoms with Crippen molar-refractivity contribution in [3.63, 3.8) is 0 Å². The van der Waals surface area contributed by atoms with Crippen LogP contribution in [-0.4, -0.2) is 19.6 Å². The van der Waals surface area contributed by atoms with E-state index in [9.17, 15) is 4.79 Å². The predicted octanol–water partition coefficient (Wildman–Crippen LogP) is 2.46. The highest BCUT2D eigenvalue weighted by molar-refractivity contribution is 5.81. The molecule has 0 radical (unpaired) electrons. The number of fused-ring (bicyclic) bond motifs is 1. The normalized spacial score (nSPS) is 19.2. The Labute approximate surface area is 95.8 Å². The van der Waals surface area contributed by atoms with E-state index in [2.05, 4.69) is 18.3 Å². The number of esters is 1. The number of carbonyl (C=O) groups is 1. The van der Waals surface area contributed by atoms with Crippen LogP contribution in [0.2, 0.25) is 0 Å². The summed E-state index contributed by atoms with van der Waals surface area (Å²) >= 11 is 0. The minimum Gasteiger partial charge on any atom is -0.469 e. The second kappa shape index (κ2) is 4.56. The Bertz CT molecular complexity index is 401. The van der Waals surface area contributed by atoms with Crippen LogP contribution < -0.4 is 5.32 Å². The van der Waals surface area contributed by atoms with E-state index in [4.69, 9.17) is 4.74 Å². The smallest absolute Gasteiger partial charge is 0.313 e. The molecule has 1 unspecified atom stereocenters. The van der Waals surface area contributed by atoms with Gasteiger partial charge in [-0.15, -0.1) is 0 Å². The summed E-state index contributed by atoms with van der Waals surface area (Å²) in [7, 11) is 1.45. The van der Waals surface area contributed by atoms with Gasteiger partial charge in [0.15, 0.2) is 0 Å².